The van der Waals surface area contributed by atoms with Crippen LogP contribution < -0.4 is 0 Å². The van der Waals surface area contributed by atoms with Gasteiger partial charge < -0.3 is 4.74 Å². The summed E-state index contributed by atoms with van der Waals surface area (Å²) in [5, 5.41) is 4.70. The lowest BCUT2D eigenvalue weighted by Gasteiger charge is -2.25. The molecule has 18 heavy (non-hydrogen) atoms. The van der Waals surface area contributed by atoms with Gasteiger partial charge in [-0.3, -0.25) is 0 Å². The third kappa shape index (κ3) is 1.58. The topological polar surface area (TPSA) is 27.1 Å². The van der Waals surface area contributed by atoms with Crippen LogP contribution in [0.2, 0.25) is 0 Å². The van der Waals surface area contributed by atoms with Crippen molar-refractivity contribution in [2.45, 2.75) is 38.9 Å². The lowest BCUT2D eigenvalue weighted by molar-refractivity contribution is -0.107. The predicted octanol–water partition coefficient (Wildman–Crippen LogP) is 3.37. The molecule has 2 aromatic rings. The largest absolute Gasteiger partial charge is 0.358 e. The van der Waals surface area contributed by atoms with E-state index in [9.17, 15) is 0 Å². The molecule has 0 N–H and O–H groups in total. The lowest BCUT2D eigenvalue weighted by Crippen LogP contribution is -2.24. The molecule has 0 fully saturated rings. The molecule has 1 aliphatic rings. The Morgan fingerprint density at radius 3 is 2.28 bits per heavy atom. The molecule has 3 rings (SSSR count). The number of ether oxygens (including phenoxy) is 1. The molecular formula is C15H18N2O. The molecule has 0 radical (unpaired) electrons. The quantitative estimate of drug-likeness (QED) is 0.766. The van der Waals surface area contributed by atoms with Crippen LogP contribution in [0.3, 0.4) is 0 Å². The van der Waals surface area contributed by atoms with Crippen LogP contribution in [0.15, 0.2) is 36.5 Å². The average molecular weight is 242 g/mol. The van der Waals surface area contributed by atoms with E-state index < -0.39 is 0 Å². The van der Waals surface area contributed by atoms with Crippen LogP contribution in [0.1, 0.15) is 39.0 Å². The van der Waals surface area contributed by atoms with Crippen molar-refractivity contribution >= 4 is 0 Å². The van der Waals surface area contributed by atoms with Crippen LogP contribution in [0.25, 0.3) is 5.69 Å². The van der Waals surface area contributed by atoms with Gasteiger partial charge in [0.05, 0.1) is 11.3 Å². The first-order valence-corrected chi connectivity index (χ1v) is 6.26. The van der Waals surface area contributed by atoms with E-state index in [1.54, 1.807) is 0 Å². The minimum absolute atomic E-state index is 0.272. The highest BCUT2D eigenvalue weighted by Crippen LogP contribution is 2.45. The maximum atomic E-state index is 6.06. The van der Waals surface area contributed by atoms with Crippen LogP contribution in [0.4, 0.5) is 0 Å². The van der Waals surface area contributed by atoms with Crippen molar-refractivity contribution in [2.75, 3.05) is 0 Å². The van der Waals surface area contributed by atoms with E-state index in [4.69, 9.17) is 9.84 Å². The first kappa shape index (κ1) is 11.5. The Kier molecular flexibility index (Phi) is 2.20. The summed E-state index contributed by atoms with van der Waals surface area (Å²) in [5.41, 5.74) is 2.70. The molecule has 0 amide bonds. The standard InChI is InChI=1S/C15H18N2O/c1-14(2)12-10-17(11-8-6-5-7-9-11)16-13(12)15(3,4)18-14/h5-10H,1-4H3. The van der Waals surface area contributed by atoms with Crippen LogP contribution in [0.5, 0.6) is 0 Å². The molecule has 1 aromatic carbocycles. The van der Waals surface area contributed by atoms with Gasteiger partial charge in [-0.15, -0.1) is 0 Å². The van der Waals surface area contributed by atoms with E-state index in [0.29, 0.717) is 0 Å². The summed E-state index contributed by atoms with van der Waals surface area (Å²) in [6.07, 6.45) is 2.08. The molecule has 1 aliphatic heterocycles. The molecule has 3 nitrogen and oxygen atoms in total. The molecule has 94 valence electrons. The zero-order valence-electron chi connectivity index (χ0n) is 11.3. The smallest absolute Gasteiger partial charge is 0.108 e. The SMILES string of the molecule is CC1(C)OC(C)(C)c2nn(-c3ccccc3)cc21. The van der Waals surface area contributed by atoms with Crippen molar-refractivity contribution in [1.82, 2.24) is 9.78 Å². The molecule has 0 saturated carbocycles. The van der Waals surface area contributed by atoms with Crippen molar-refractivity contribution in [1.29, 1.82) is 0 Å². The zero-order chi connectivity index (χ0) is 13.0. The molecule has 0 bridgehead atoms. The molecule has 0 aliphatic carbocycles. The highest BCUT2D eigenvalue weighted by Gasteiger charge is 2.45. The highest BCUT2D eigenvalue weighted by atomic mass is 16.5. The number of rotatable bonds is 1. The number of nitrogens with zero attached hydrogens (tertiary/aromatic N) is 2. The number of benzene rings is 1. The maximum absolute atomic E-state index is 6.06. The molecular weight excluding hydrogens is 224 g/mol. The number of hydrogen-bond donors (Lipinski definition) is 0. The van der Waals surface area contributed by atoms with Crippen molar-refractivity contribution in [3.8, 4) is 5.69 Å². The second kappa shape index (κ2) is 3.45. The minimum atomic E-state index is -0.321. The van der Waals surface area contributed by atoms with Gasteiger partial charge in [0.1, 0.15) is 11.3 Å². The normalized spacial score (nSPS) is 19.8. The van der Waals surface area contributed by atoms with Crippen LogP contribution in [-0.4, -0.2) is 9.78 Å². The van der Waals surface area contributed by atoms with Gasteiger partial charge in [-0.1, -0.05) is 18.2 Å². The number of para-hydroxylation sites is 1. The zero-order valence-corrected chi connectivity index (χ0v) is 11.3. The van der Waals surface area contributed by atoms with Gasteiger partial charge in [0.15, 0.2) is 0 Å². The van der Waals surface area contributed by atoms with Crippen LogP contribution in [0, 0.1) is 0 Å². The van der Waals surface area contributed by atoms with Crippen molar-refractivity contribution < 1.29 is 4.74 Å². The van der Waals surface area contributed by atoms with E-state index in [2.05, 4.69) is 46.0 Å². The molecule has 0 atom stereocenters. The first-order valence-electron chi connectivity index (χ1n) is 6.26. The summed E-state index contributed by atoms with van der Waals surface area (Å²) in [6, 6.07) is 10.2. The van der Waals surface area contributed by atoms with Gasteiger partial charge >= 0.3 is 0 Å². The van der Waals surface area contributed by atoms with E-state index in [-0.39, 0.29) is 11.2 Å². The fourth-order valence-electron chi connectivity index (χ4n) is 2.71. The van der Waals surface area contributed by atoms with Crippen molar-refractivity contribution in [2.24, 2.45) is 0 Å². The van der Waals surface area contributed by atoms with Gasteiger partial charge in [0.2, 0.25) is 0 Å². The van der Waals surface area contributed by atoms with Gasteiger partial charge in [-0.05, 0) is 39.8 Å². The third-order valence-corrected chi connectivity index (χ3v) is 3.46. The fraction of sp³-hybridized carbons (Fsp3) is 0.400. The number of fused-ring (bicyclic) bond motifs is 1. The molecule has 0 unspecified atom stereocenters. The summed E-state index contributed by atoms with van der Waals surface area (Å²) >= 11 is 0. The fourth-order valence-corrected chi connectivity index (χ4v) is 2.71. The maximum Gasteiger partial charge on any atom is 0.108 e. The molecule has 2 heterocycles. The Bertz CT molecular complexity index is 550. The molecule has 0 spiro atoms. The van der Waals surface area contributed by atoms with Crippen molar-refractivity contribution in [3.63, 3.8) is 0 Å². The Morgan fingerprint density at radius 2 is 1.67 bits per heavy atom. The van der Waals surface area contributed by atoms with Gasteiger partial charge in [0, 0.05) is 11.8 Å². The van der Waals surface area contributed by atoms with Gasteiger partial charge in [0.25, 0.3) is 0 Å². The van der Waals surface area contributed by atoms with Crippen LogP contribution >= 0.6 is 0 Å². The van der Waals surface area contributed by atoms with Crippen molar-refractivity contribution in [3.05, 3.63) is 47.8 Å². The highest BCUT2D eigenvalue weighted by molar-refractivity contribution is 5.38. The monoisotopic (exact) mass is 242 g/mol. The summed E-state index contributed by atoms with van der Waals surface area (Å²) in [7, 11) is 0. The summed E-state index contributed by atoms with van der Waals surface area (Å²) in [5.74, 6) is 0. The average Bonchev–Trinajstić information content (AvgIpc) is 2.80. The Hall–Kier alpha value is -1.61. The Labute approximate surface area is 107 Å². The second-order valence-corrected chi connectivity index (χ2v) is 5.79. The predicted molar refractivity (Wildman–Crippen MR) is 70.7 cm³/mol. The second-order valence-electron chi connectivity index (χ2n) is 5.79. The molecule has 1 aromatic heterocycles. The van der Waals surface area contributed by atoms with E-state index in [1.165, 1.54) is 5.56 Å². The van der Waals surface area contributed by atoms with Gasteiger partial charge in [-0.25, -0.2) is 4.68 Å². The number of aromatic nitrogens is 2. The molecule has 3 heteroatoms. The van der Waals surface area contributed by atoms with E-state index in [1.807, 2.05) is 22.9 Å². The van der Waals surface area contributed by atoms with E-state index >= 15 is 0 Å². The Morgan fingerprint density at radius 1 is 1.00 bits per heavy atom. The summed E-state index contributed by atoms with van der Waals surface area (Å²) < 4.78 is 8.00. The summed E-state index contributed by atoms with van der Waals surface area (Å²) in [6.45, 7) is 8.33. The van der Waals surface area contributed by atoms with Gasteiger partial charge in [-0.2, -0.15) is 5.10 Å². The number of hydrogen-bond acceptors (Lipinski definition) is 2. The first-order chi connectivity index (χ1) is 8.40. The minimum Gasteiger partial charge on any atom is -0.358 e. The van der Waals surface area contributed by atoms with Crippen LogP contribution in [-0.2, 0) is 15.9 Å². The summed E-state index contributed by atoms with van der Waals surface area (Å²) in [4.78, 5) is 0. The lowest BCUT2D eigenvalue weighted by atomic mass is 9.98. The van der Waals surface area contributed by atoms with E-state index in [0.717, 1.165) is 11.4 Å². The Balaban J connectivity index is 2.14. The molecule has 0 saturated heterocycles. The third-order valence-electron chi connectivity index (χ3n) is 3.46.